The standard InChI is InChI=1S/C28H49BrO4Si2/c1-16(2)34(17(3)4,18(5)6)32-24-15-25(30)28(29)26(14-22-13-23(24)27(28)31-22)33-35(19(7)8,20(9)10)21(11)12/h13-14,16-22,24,27H,15H2,1-12H3/t22?,24-,27+,28-/m0/s1. The molecule has 200 valence electrons. The second-order valence-electron chi connectivity index (χ2n) is 12.9. The van der Waals surface area contributed by atoms with Gasteiger partial charge in [0.2, 0.25) is 8.32 Å². The van der Waals surface area contributed by atoms with Crippen molar-refractivity contribution >= 4 is 38.3 Å². The Kier molecular flexibility index (Phi) is 8.52. The van der Waals surface area contributed by atoms with E-state index in [2.05, 4.69) is 111 Å². The number of ether oxygens (including phenoxy) is 1. The van der Waals surface area contributed by atoms with Crippen LogP contribution in [0.4, 0.5) is 0 Å². The van der Waals surface area contributed by atoms with Crippen LogP contribution in [0.15, 0.2) is 23.5 Å². The minimum atomic E-state index is -2.23. The van der Waals surface area contributed by atoms with Crippen LogP contribution >= 0.6 is 15.9 Å². The van der Waals surface area contributed by atoms with Crippen molar-refractivity contribution in [2.75, 3.05) is 0 Å². The van der Waals surface area contributed by atoms with Crippen LogP contribution in [0.5, 0.6) is 0 Å². The van der Waals surface area contributed by atoms with Crippen molar-refractivity contribution in [3.63, 3.8) is 0 Å². The van der Waals surface area contributed by atoms with Gasteiger partial charge in [-0.1, -0.05) is 99.0 Å². The van der Waals surface area contributed by atoms with Crippen LogP contribution in [-0.4, -0.2) is 45.1 Å². The summed E-state index contributed by atoms with van der Waals surface area (Å²) in [6, 6.07) is 0. The molecule has 0 aromatic heterocycles. The molecule has 7 heteroatoms. The van der Waals surface area contributed by atoms with Gasteiger partial charge in [-0.05, 0) is 51.0 Å². The highest BCUT2D eigenvalue weighted by Gasteiger charge is 2.63. The molecule has 0 aromatic carbocycles. The predicted octanol–water partition coefficient (Wildman–Crippen LogP) is 8.44. The first kappa shape index (κ1) is 29.3. The van der Waals surface area contributed by atoms with Crippen LogP contribution in [0, 0.1) is 0 Å². The molecule has 1 aliphatic carbocycles. The molecule has 0 spiro atoms. The van der Waals surface area contributed by atoms with E-state index in [-0.39, 0.29) is 24.1 Å². The van der Waals surface area contributed by atoms with Crippen LogP contribution in [0.25, 0.3) is 0 Å². The van der Waals surface area contributed by atoms with E-state index in [0.717, 1.165) is 11.3 Å². The van der Waals surface area contributed by atoms with Gasteiger partial charge < -0.3 is 13.6 Å². The summed E-state index contributed by atoms with van der Waals surface area (Å²) < 4.78 is 19.8. The summed E-state index contributed by atoms with van der Waals surface area (Å²) in [5, 5.41) is 0. The van der Waals surface area contributed by atoms with Gasteiger partial charge in [0.25, 0.3) is 8.32 Å². The van der Waals surface area contributed by atoms with E-state index in [1.54, 1.807) is 0 Å². The number of rotatable bonds is 10. The average molecular weight is 586 g/mol. The molecule has 3 aliphatic rings. The molecule has 2 aliphatic heterocycles. The Morgan fingerprint density at radius 1 is 0.829 bits per heavy atom. The quantitative estimate of drug-likeness (QED) is 0.147. The summed E-state index contributed by atoms with van der Waals surface area (Å²) in [7, 11) is -4.39. The summed E-state index contributed by atoms with van der Waals surface area (Å²) in [4.78, 5) is 14.0. The van der Waals surface area contributed by atoms with Gasteiger partial charge in [-0.2, -0.15) is 0 Å². The van der Waals surface area contributed by atoms with Crippen LogP contribution in [-0.2, 0) is 18.4 Å². The second-order valence-corrected chi connectivity index (χ2v) is 24.9. The summed E-state index contributed by atoms with van der Waals surface area (Å²) in [6.07, 6.45) is 3.89. The van der Waals surface area contributed by atoms with E-state index >= 15 is 0 Å². The lowest BCUT2D eigenvalue weighted by molar-refractivity contribution is -0.128. The lowest BCUT2D eigenvalue weighted by Crippen LogP contribution is -2.60. The number of hydrogen-bond donors (Lipinski definition) is 0. The number of alkyl halides is 1. The molecule has 0 radical (unpaired) electrons. The fourth-order valence-electron chi connectivity index (χ4n) is 7.77. The first-order valence-corrected chi connectivity index (χ1v) is 18.8. The summed E-state index contributed by atoms with van der Waals surface area (Å²) in [5.41, 5.74) is 3.80. The molecule has 2 heterocycles. The Balaban J connectivity index is 2.01. The maximum atomic E-state index is 14.0. The Hall–Kier alpha value is -0.216. The van der Waals surface area contributed by atoms with Gasteiger partial charge in [0, 0.05) is 6.42 Å². The van der Waals surface area contributed by atoms with Gasteiger partial charge in [0.1, 0.15) is 11.9 Å². The van der Waals surface area contributed by atoms with E-state index < -0.39 is 21.0 Å². The first-order chi connectivity index (χ1) is 16.1. The fourth-order valence-corrected chi connectivity index (χ4v) is 19.5. The molecule has 0 N–H and O–H groups in total. The van der Waals surface area contributed by atoms with Crippen molar-refractivity contribution in [2.24, 2.45) is 0 Å². The maximum absolute atomic E-state index is 14.0. The number of fused-ring (bicyclic) bond motifs is 1. The van der Waals surface area contributed by atoms with Gasteiger partial charge in [-0.15, -0.1) is 0 Å². The highest BCUT2D eigenvalue weighted by Crippen LogP contribution is 2.55. The molecular formula is C28H49BrO4Si2. The lowest BCUT2D eigenvalue weighted by atomic mass is 9.79. The number of Topliss-reactive ketones (excluding diaryl/α,β-unsaturated/α-hetero) is 1. The lowest BCUT2D eigenvalue weighted by Gasteiger charge is -2.51. The van der Waals surface area contributed by atoms with Crippen LogP contribution in [0.2, 0.25) is 33.2 Å². The molecule has 1 fully saturated rings. The number of hydrogen-bond acceptors (Lipinski definition) is 4. The van der Waals surface area contributed by atoms with E-state index in [1.165, 1.54) is 0 Å². The fraction of sp³-hybridized carbons (Fsp3) is 0.821. The first-order valence-electron chi connectivity index (χ1n) is 13.7. The third kappa shape index (κ3) is 4.43. The predicted molar refractivity (Wildman–Crippen MR) is 154 cm³/mol. The van der Waals surface area contributed by atoms with E-state index in [9.17, 15) is 4.79 Å². The van der Waals surface area contributed by atoms with Gasteiger partial charge in [0.15, 0.2) is 10.1 Å². The number of ketones is 1. The van der Waals surface area contributed by atoms with Gasteiger partial charge in [-0.3, -0.25) is 4.79 Å². The molecule has 4 nitrogen and oxygen atoms in total. The summed E-state index contributed by atoms with van der Waals surface area (Å²) in [6.45, 7) is 27.5. The van der Waals surface area contributed by atoms with Crippen LogP contribution in [0.1, 0.15) is 89.5 Å². The Morgan fingerprint density at radius 2 is 1.29 bits per heavy atom. The zero-order chi connectivity index (χ0) is 26.7. The number of carbonyl (C=O) groups is 1. The smallest absolute Gasteiger partial charge is 0.258 e. The SMILES string of the molecule is CC(C)[Si](OC1=CC2C=C3[C@@H](O[Si](C(C)C)(C(C)C)C(C)C)CC(=O)[C@@]1(Br)[C@@H]3O2)(C(C)C)C(C)C. The van der Waals surface area contributed by atoms with Crippen molar-refractivity contribution in [1.82, 2.24) is 0 Å². The molecule has 1 saturated carbocycles. The van der Waals surface area contributed by atoms with Gasteiger partial charge in [0.05, 0.1) is 12.2 Å². The molecule has 4 atom stereocenters. The Labute approximate surface area is 225 Å². The third-order valence-corrected chi connectivity index (χ3v) is 22.5. The zero-order valence-corrected chi connectivity index (χ0v) is 27.7. The second kappa shape index (κ2) is 10.2. The maximum Gasteiger partial charge on any atom is 0.258 e. The molecule has 0 amide bonds. The largest absolute Gasteiger partial charge is 0.544 e. The number of halogens is 1. The monoisotopic (exact) mass is 584 g/mol. The highest BCUT2D eigenvalue weighted by molar-refractivity contribution is 9.10. The third-order valence-electron chi connectivity index (χ3n) is 9.18. The molecule has 0 aromatic rings. The van der Waals surface area contributed by atoms with Crippen LogP contribution in [0.3, 0.4) is 0 Å². The normalized spacial score (nSPS) is 29.2. The van der Waals surface area contributed by atoms with Gasteiger partial charge in [-0.25, -0.2) is 0 Å². The zero-order valence-electron chi connectivity index (χ0n) is 24.1. The van der Waals surface area contributed by atoms with Crippen molar-refractivity contribution in [1.29, 1.82) is 0 Å². The average Bonchev–Trinajstić information content (AvgIpc) is 3.12. The van der Waals surface area contributed by atoms with Crippen molar-refractivity contribution in [2.45, 2.75) is 145 Å². The molecule has 35 heavy (non-hydrogen) atoms. The van der Waals surface area contributed by atoms with Crippen molar-refractivity contribution in [3.05, 3.63) is 23.5 Å². The summed E-state index contributed by atoms with van der Waals surface area (Å²) in [5.74, 6) is 0.908. The van der Waals surface area contributed by atoms with E-state index in [1.807, 2.05) is 0 Å². The Morgan fingerprint density at radius 3 is 1.71 bits per heavy atom. The Bertz CT molecular complexity index is 833. The van der Waals surface area contributed by atoms with Crippen molar-refractivity contribution < 1.29 is 18.4 Å². The number of carbonyl (C=O) groups excluding carboxylic acids is 1. The molecule has 3 rings (SSSR count). The van der Waals surface area contributed by atoms with E-state index in [4.69, 9.17) is 13.6 Å². The van der Waals surface area contributed by atoms with Crippen LogP contribution < -0.4 is 0 Å². The molecule has 0 saturated heterocycles. The molecular weight excluding hydrogens is 536 g/mol. The van der Waals surface area contributed by atoms with E-state index in [0.29, 0.717) is 39.7 Å². The summed E-state index contributed by atoms with van der Waals surface area (Å²) >= 11 is 3.94. The molecule has 1 unspecified atom stereocenters. The van der Waals surface area contributed by atoms with Gasteiger partial charge >= 0.3 is 0 Å². The topological polar surface area (TPSA) is 44.8 Å². The minimum Gasteiger partial charge on any atom is -0.544 e. The minimum absolute atomic E-state index is 0.120. The van der Waals surface area contributed by atoms with Crippen molar-refractivity contribution in [3.8, 4) is 0 Å². The molecule has 2 bridgehead atoms. The highest BCUT2D eigenvalue weighted by atomic mass is 79.9.